The minimum Gasteiger partial charge on any atom is -0.393 e. The second kappa shape index (κ2) is 7.82. The summed E-state index contributed by atoms with van der Waals surface area (Å²) in [7, 11) is 0. The SMILES string of the molecule is CC(=O)NC(O)[C@H](O)[C@@H](O)C(=O)[C@](O)(CO)c1ccc(Cl)cc1. The number of rotatable bonds is 7. The number of halogens is 1. The van der Waals surface area contributed by atoms with Gasteiger partial charge in [-0.25, -0.2) is 0 Å². The molecule has 0 aliphatic heterocycles. The molecule has 0 aliphatic rings. The summed E-state index contributed by atoms with van der Waals surface area (Å²) < 4.78 is 0. The molecule has 0 heterocycles. The summed E-state index contributed by atoms with van der Waals surface area (Å²) >= 11 is 5.70. The molecule has 1 rings (SSSR count). The van der Waals surface area contributed by atoms with Crippen molar-refractivity contribution in [3.8, 4) is 0 Å². The molecule has 6 N–H and O–H groups in total. The predicted octanol–water partition coefficient (Wildman–Crippen LogP) is -1.73. The van der Waals surface area contributed by atoms with E-state index in [0.717, 1.165) is 6.92 Å². The Hall–Kier alpha value is -1.55. The summed E-state index contributed by atoms with van der Waals surface area (Å²) in [5.74, 6) is -2.05. The van der Waals surface area contributed by atoms with E-state index in [1.165, 1.54) is 24.3 Å². The van der Waals surface area contributed by atoms with Crippen molar-refractivity contribution in [2.24, 2.45) is 0 Å². The standard InChI is InChI=1S/C14H18ClNO7/c1-7(18)16-13(22)11(20)10(19)12(21)14(23,6-17)8-2-4-9(15)5-3-8/h2-5,10-11,13,17,19-20,22-23H,6H2,1H3,(H,16,18)/t10-,11-,13?,14+/m1/s1. The summed E-state index contributed by atoms with van der Waals surface area (Å²) in [5.41, 5.74) is -2.57. The Kier molecular flexibility index (Phi) is 6.63. The van der Waals surface area contributed by atoms with Crippen LogP contribution in [0.3, 0.4) is 0 Å². The van der Waals surface area contributed by atoms with Gasteiger partial charge in [0.2, 0.25) is 11.7 Å². The van der Waals surface area contributed by atoms with Crippen molar-refractivity contribution in [3.63, 3.8) is 0 Å². The summed E-state index contributed by atoms with van der Waals surface area (Å²) in [6.45, 7) is -0.0185. The van der Waals surface area contributed by atoms with Crippen LogP contribution >= 0.6 is 11.6 Å². The van der Waals surface area contributed by atoms with E-state index in [1.807, 2.05) is 5.32 Å². The summed E-state index contributed by atoms with van der Waals surface area (Å²) in [6.07, 6.45) is -6.29. The number of aliphatic hydroxyl groups excluding tert-OH is 4. The first-order valence-corrected chi connectivity index (χ1v) is 6.96. The smallest absolute Gasteiger partial charge is 0.218 e. The molecule has 1 aromatic rings. The van der Waals surface area contributed by atoms with Crippen molar-refractivity contribution in [2.75, 3.05) is 6.61 Å². The lowest BCUT2D eigenvalue weighted by Gasteiger charge is -2.30. The van der Waals surface area contributed by atoms with Gasteiger partial charge in [0.05, 0.1) is 6.61 Å². The Morgan fingerprint density at radius 2 is 1.74 bits per heavy atom. The molecule has 0 saturated carbocycles. The van der Waals surface area contributed by atoms with Gasteiger partial charge in [-0.05, 0) is 17.7 Å². The van der Waals surface area contributed by atoms with Crippen LogP contribution in [0.1, 0.15) is 12.5 Å². The average Bonchev–Trinajstić information content (AvgIpc) is 2.51. The fourth-order valence-corrected chi connectivity index (χ4v) is 2.03. The minimum atomic E-state index is -2.51. The van der Waals surface area contributed by atoms with Gasteiger partial charge >= 0.3 is 0 Å². The molecular formula is C14H18ClNO7. The average molecular weight is 348 g/mol. The summed E-state index contributed by atoms with van der Waals surface area (Å²) in [4.78, 5) is 23.0. The number of ketones is 1. The molecule has 0 bridgehead atoms. The molecule has 23 heavy (non-hydrogen) atoms. The Labute approximate surface area is 136 Å². The van der Waals surface area contributed by atoms with Crippen LogP contribution in [0.25, 0.3) is 0 Å². The first-order chi connectivity index (χ1) is 10.6. The number of Topliss-reactive ketones (excluding diaryl/α,β-unsaturated/α-hetero) is 1. The van der Waals surface area contributed by atoms with Crippen LogP contribution < -0.4 is 5.32 Å². The quantitative estimate of drug-likeness (QED) is 0.321. The van der Waals surface area contributed by atoms with Crippen LogP contribution in [-0.2, 0) is 15.2 Å². The van der Waals surface area contributed by atoms with Crippen molar-refractivity contribution in [3.05, 3.63) is 34.9 Å². The Morgan fingerprint density at radius 1 is 1.22 bits per heavy atom. The lowest BCUT2D eigenvalue weighted by atomic mass is 9.85. The van der Waals surface area contributed by atoms with Crippen LogP contribution in [0, 0.1) is 0 Å². The lowest BCUT2D eigenvalue weighted by Crippen LogP contribution is -2.55. The normalized spacial score (nSPS) is 17.7. The number of nitrogens with one attached hydrogen (secondary N) is 1. The molecule has 1 unspecified atom stereocenters. The van der Waals surface area contributed by atoms with Crippen molar-refractivity contribution in [1.29, 1.82) is 0 Å². The largest absolute Gasteiger partial charge is 0.393 e. The number of amides is 1. The maximum Gasteiger partial charge on any atom is 0.218 e. The van der Waals surface area contributed by atoms with Gasteiger partial charge in [0.15, 0.2) is 11.8 Å². The number of hydrogen-bond acceptors (Lipinski definition) is 7. The number of carbonyl (C=O) groups excluding carboxylic acids is 2. The molecule has 0 aromatic heterocycles. The first-order valence-electron chi connectivity index (χ1n) is 6.58. The van der Waals surface area contributed by atoms with E-state index >= 15 is 0 Å². The molecule has 0 spiro atoms. The molecule has 0 saturated heterocycles. The number of carbonyl (C=O) groups is 2. The van der Waals surface area contributed by atoms with Gasteiger partial charge < -0.3 is 30.8 Å². The highest BCUT2D eigenvalue weighted by Gasteiger charge is 2.44. The van der Waals surface area contributed by atoms with E-state index in [2.05, 4.69) is 0 Å². The Balaban J connectivity index is 3.02. The third-order valence-electron chi connectivity index (χ3n) is 3.22. The van der Waals surface area contributed by atoms with E-state index in [1.54, 1.807) is 0 Å². The number of aliphatic hydroxyl groups is 5. The second-order valence-corrected chi connectivity index (χ2v) is 5.41. The van der Waals surface area contributed by atoms with Gasteiger partial charge in [-0.1, -0.05) is 23.7 Å². The van der Waals surface area contributed by atoms with Gasteiger partial charge in [0, 0.05) is 11.9 Å². The van der Waals surface area contributed by atoms with Crippen molar-refractivity contribution >= 4 is 23.3 Å². The molecule has 1 aromatic carbocycles. The van der Waals surface area contributed by atoms with Crippen LogP contribution in [0.2, 0.25) is 5.02 Å². The van der Waals surface area contributed by atoms with Gasteiger partial charge in [-0.2, -0.15) is 0 Å². The van der Waals surface area contributed by atoms with Crippen LogP contribution in [-0.4, -0.2) is 62.3 Å². The molecule has 4 atom stereocenters. The zero-order valence-corrected chi connectivity index (χ0v) is 12.9. The maximum atomic E-state index is 12.2. The molecular weight excluding hydrogens is 330 g/mol. The van der Waals surface area contributed by atoms with E-state index in [9.17, 15) is 35.1 Å². The summed E-state index contributed by atoms with van der Waals surface area (Å²) in [5, 5.41) is 51.0. The predicted molar refractivity (Wildman–Crippen MR) is 79.3 cm³/mol. The Morgan fingerprint density at radius 3 is 2.17 bits per heavy atom. The van der Waals surface area contributed by atoms with E-state index in [-0.39, 0.29) is 5.56 Å². The molecule has 128 valence electrons. The third-order valence-corrected chi connectivity index (χ3v) is 3.48. The summed E-state index contributed by atoms with van der Waals surface area (Å²) in [6, 6.07) is 5.25. The Bertz CT molecular complexity index is 565. The molecule has 0 aliphatic carbocycles. The second-order valence-electron chi connectivity index (χ2n) is 4.97. The molecule has 0 fully saturated rings. The van der Waals surface area contributed by atoms with Crippen molar-refractivity contribution < 1.29 is 35.1 Å². The zero-order valence-electron chi connectivity index (χ0n) is 12.2. The fraction of sp³-hybridized carbons (Fsp3) is 0.429. The number of benzene rings is 1. The van der Waals surface area contributed by atoms with E-state index in [4.69, 9.17) is 11.6 Å². The molecule has 9 heteroatoms. The highest BCUT2D eigenvalue weighted by molar-refractivity contribution is 6.30. The van der Waals surface area contributed by atoms with Crippen molar-refractivity contribution in [2.45, 2.75) is 31.0 Å². The topological polar surface area (TPSA) is 147 Å². The van der Waals surface area contributed by atoms with Gasteiger partial charge in [0.1, 0.15) is 12.2 Å². The van der Waals surface area contributed by atoms with Crippen molar-refractivity contribution in [1.82, 2.24) is 5.32 Å². The van der Waals surface area contributed by atoms with Gasteiger partial charge in [0.25, 0.3) is 0 Å². The van der Waals surface area contributed by atoms with Gasteiger partial charge in [-0.3, -0.25) is 9.59 Å². The molecule has 0 radical (unpaired) electrons. The van der Waals surface area contributed by atoms with Crippen LogP contribution in [0.5, 0.6) is 0 Å². The van der Waals surface area contributed by atoms with Crippen LogP contribution in [0.4, 0.5) is 0 Å². The molecule has 1 amide bonds. The number of hydrogen-bond donors (Lipinski definition) is 6. The highest BCUT2D eigenvalue weighted by atomic mass is 35.5. The third kappa shape index (κ3) is 4.47. The van der Waals surface area contributed by atoms with E-state index < -0.39 is 42.3 Å². The highest BCUT2D eigenvalue weighted by Crippen LogP contribution is 2.26. The van der Waals surface area contributed by atoms with Gasteiger partial charge in [-0.15, -0.1) is 0 Å². The minimum absolute atomic E-state index is 0.0605. The monoisotopic (exact) mass is 347 g/mol. The molecule has 8 nitrogen and oxygen atoms in total. The maximum absolute atomic E-state index is 12.2. The zero-order chi connectivity index (χ0) is 17.8. The first kappa shape index (κ1) is 19.5. The lowest BCUT2D eigenvalue weighted by molar-refractivity contribution is -0.164. The van der Waals surface area contributed by atoms with E-state index in [0.29, 0.717) is 5.02 Å². The fourth-order valence-electron chi connectivity index (χ4n) is 1.90. The van der Waals surface area contributed by atoms with Crippen LogP contribution in [0.15, 0.2) is 24.3 Å².